The van der Waals surface area contributed by atoms with Gasteiger partial charge in [0.2, 0.25) is 0 Å². The lowest BCUT2D eigenvalue weighted by Crippen LogP contribution is -2.41. The van der Waals surface area contributed by atoms with Gasteiger partial charge in [0, 0.05) is 6.54 Å². The second kappa shape index (κ2) is 5.76. The van der Waals surface area contributed by atoms with Crippen molar-refractivity contribution in [3.05, 3.63) is 16.8 Å². The van der Waals surface area contributed by atoms with E-state index in [1.165, 1.54) is 6.42 Å². The summed E-state index contributed by atoms with van der Waals surface area (Å²) >= 11 is 0. The van der Waals surface area contributed by atoms with Gasteiger partial charge < -0.3 is 10.4 Å². The summed E-state index contributed by atoms with van der Waals surface area (Å²) in [6.07, 6.45) is 3.81. The third-order valence-electron chi connectivity index (χ3n) is 4.22. The van der Waals surface area contributed by atoms with Gasteiger partial charge in [-0.05, 0) is 38.2 Å². The van der Waals surface area contributed by atoms with E-state index in [-0.39, 0.29) is 0 Å². The minimum Gasteiger partial charge on any atom is -0.388 e. The summed E-state index contributed by atoms with van der Waals surface area (Å²) in [6.45, 7) is 6.29. The van der Waals surface area contributed by atoms with Crippen molar-refractivity contribution < 1.29 is 5.11 Å². The first kappa shape index (κ1) is 14.7. The Kier molecular flexibility index (Phi) is 4.24. The Morgan fingerprint density at radius 3 is 2.85 bits per heavy atom. The standard InChI is InChI=1S/C15H22N4O/c1-10-5-4-6-15(20,7-10)9-17-14-13(8-16)11(2)12(3)18-19-14/h10,20H,4-7,9H2,1-3H3,(H,17,19). The highest BCUT2D eigenvalue weighted by molar-refractivity contribution is 5.55. The summed E-state index contributed by atoms with van der Waals surface area (Å²) in [5.41, 5.74) is 1.42. The Morgan fingerprint density at radius 1 is 1.45 bits per heavy atom. The van der Waals surface area contributed by atoms with Crippen LogP contribution in [-0.4, -0.2) is 27.4 Å². The van der Waals surface area contributed by atoms with Crippen LogP contribution >= 0.6 is 0 Å². The molecule has 0 aromatic carbocycles. The van der Waals surface area contributed by atoms with Gasteiger partial charge in [-0.25, -0.2) is 0 Å². The quantitative estimate of drug-likeness (QED) is 0.884. The van der Waals surface area contributed by atoms with Crippen molar-refractivity contribution in [1.82, 2.24) is 10.2 Å². The van der Waals surface area contributed by atoms with Crippen molar-refractivity contribution in [3.8, 4) is 6.07 Å². The molecule has 0 amide bonds. The van der Waals surface area contributed by atoms with Crippen molar-refractivity contribution >= 4 is 5.82 Å². The average molecular weight is 274 g/mol. The predicted molar refractivity (Wildman–Crippen MR) is 77.3 cm³/mol. The van der Waals surface area contributed by atoms with Gasteiger partial charge >= 0.3 is 0 Å². The summed E-state index contributed by atoms with van der Waals surface area (Å²) < 4.78 is 0. The first-order valence-electron chi connectivity index (χ1n) is 7.15. The maximum absolute atomic E-state index is 10.6. The first-order valence-corrected chi connectivity index (χ1v) is 7.15. The number of nitriles is 1. The number of aryl methyl sites for hydroxylation is 1. The molecule has 1 aliphatic carbocycles. The minimum absolute atomic E-state index is 0.420. The van der Waals surface area contributed by atoms with Gasteiger partial charge in [0.1, 0.15) is 11.6 Å². The fourth-order valence-corrected chi connectivity index (χ4v) is 2.91. The number of nitrogens with one attached hydrogen (secondary N) is 1. The van der Waals surface area contributed by atoms with Gasteiger partial charge in [-0.15, -0.1) is 5.10 Å². The topological polar surface area (TPSA) is 81.8 Å². The monoisotopic (exact) mass is 274 g/mol. The molecule has 5 nitrogen and oxygen atoms in total. The molecule has 1 fully saturated rings. The number of rotatable bonds is 3. The van der Waals surface area contributed by atoms with E-state index in [2.05, 4.69) is 28.5 Å². The van der Waals surface area contributed by atoms with Crippen LogP contribution in [0.4, 0.5) is 5.82 Å². The molecule has 0 bridgehead atoms. The lowest BCUT2D eigenvalue weighted by atomic mass is 9.79. The summed E-state index contributed by atoms with van der Waals surface area (Å²) in [6, 6.07) is 2.17. The molecule has 1 aliphatic rings. The van der Waals surface area contributed by atoms with Crippen LogP contribution in [0.2, 0.25) is 0 Å². The van der Waals surface area contributed by atoms with Crippen LogP contribution in [-0.2, 0) is 0 Å². The number of hydrogen-bond donors (Lipinski definition) is 2. The molecule has 2 N–H and O–H groups in total. The number of hydrogen-bond acceptors (Lipinski definition) is 5. The van der Waals surface area contributed by atoms with Crippen LogP contribution in [0, 0.1) is 31.1 Å². The van der Waals surface area contributed by atoms with Gasteiger partial charge in [-0.1, -0.05) is 19.8 Å². The lowest BCUT2D eigenvalue weighted by molar-refractivity contribution is -0.000841. The van der Waals surface area contributed by atoms with Gasteiger partial charge in [-0.3, -0.25) is 0 Å². The van der Waals surface area contributed by atoms with Crippen LogP contribution in [0.5, 0.6) is 0 Å². The lowest BCUT2D eigenvalue weighted by Gasteiger charge is -2.35. The third-order valence-corrected chi connectivity index (χ3v) is 4.22. The summed E-state index contributed by atoms with van der Waals surface area (Å²) in [4.78, 5) is 0. The van der Waals surface area contributed by atoms with Crippen LogP contribution < -0.4 is 5.32 Å². The highest BCUT2D eigenvalue weighted by Gasteiger charge is 2.32. The second-order valence-electron chi connectivity index (χ2n) is 6.03. The highest BCUT2D eigenvalue weighted by atomic mass is 16.3. The Balaban J connectivity index is 2.12. The number of nitrogens with zero attached hydrogens (tertiary/aromatic N) is 3. The molecule has 0 aliphatic heterocycles. The zero-order valence-electron chi connectivity index (χ0n) is 12.4. The van der Waals surface area contributed by atoms with E-state index >= 15 is 0 Å². The van der Waals surface area contributed by atoms with Crippen LogP contribution in [0.25, 0.3) is 0 Å². The molecule has 0 saturated heterocycles. The zero-order chi connectivity index (χ0) is 14.8. The molecular formula is C15H22N4O. The Labute approximate surface area is 120 Å². The summed E-state index contributed by atoms with van der Waals surface area (Å²) in [5, 5.41) is 31.1. The van der Waals surface area contributed by atoms with Crippen molar-refractivity contribution in [2.45, 2.75) is 52.1 Å². The molecule has 1 aromatic rings. The van der Waals surface area contributed by atoms with Crippen LogP contribution in [0.1, 0.15) is 49.4 Å². The summed E-state index contributed by atoms with van der Waals surface area (Å²) in [5.74, 6) is 1.01. The second-order valence-corrected chi connectivity index (χ2v) is 6.03. The number of aromatic nitrogens is 2. The average Bonchev–Trinajstić information content (AvgIpc) is 2.40. The van der Waals surface area contributed by atoms with Gasteiger partial charge in [0.15, 0.2) is 5.82 Å². The molecular weight excluding hydrogens is 252 g/mol. The molecule has 20 heavy (non-hydrogen) atoms. The predicted octanol–water partition coefficient (Wildman–Crippen LogP) is 2.32. The Bertz CT molecular complexity index is 537. The van der Waals surface area contributed by atoms with Gasteiger partial charge in [-0.2, -0.15) is 10.4 Å². The number of anilines is 1. The third kappa shape index (κ3) is 3.07. The SMILES string of the molecule is Cc1nnc(NCC2(O)CCCC(C)C2)c(C#N)c1C. The molecule has 1 saturated carbocycles. The van der Waals surface area contributed by atoms with E-state index in [1.807, 2.05) is 13.8 Å². The van der Waals surface area contributed by atoms with E-state index in [9.17, 15) is 10.4 Å². The van der Waals surface area contributed by atoms with E-state index in [0.717, 1.165) is 30.5 Å². The molecule has 0 spiro atoms. The molecule has 0 radical (unpaired) electrons. The normalized spacial score (nSPS) is 26.1. The molecule has 108 valence electrons. The minimum atomic E-state index is -0.704. The van der Waals surface area contributed by atoms with Gasteiger partial charge in [0.05, 0.1) is 11.3 Å². The molecule has 1 heterocycles. The van der Waals surface area contributed by atoms with Crippen LogP contribution in [0.3, 0.4) is 0 Å². The van der Waals surface area contributed by atoms with Crippen molar-refractivity contribution in [1.29, 1.82) is 5.26 Å². The van der Waals surface area contributed by atoms with E-state index < -0.39 is 5.60 Å². The smallest absolute Gasteiger partial charge is 0.167 e. The Morgan fingerprint density at radius 2 is 2.20 bits per heavy atom. The van der Waals surface area contributed by atoms with Gasteiger partial charge in [0.25, 0.3) is 0 Å². The van der Waals surface area contributed by atoms with Crippen molar-refractivity contribution in [2.24, 2.45) is 5.92 Å². The summed E-state index contributed by atoms with van der Waals surface area (Å²) in [7, 11) is 0. The highest BCUT2D eigenvalue weighted by Crippen LogP contribution is 2.32. The molecule has 2 unspecified atom stereocenters. The largest absolute Gasteiger partial charge is 0.388 e. The molecule has 1 aromatic heterocycles. The number of aliphatic hydroxyl groups is 1. The fourth-order valence-electron chi connectivity index (χ4n) is 2.91. The first-order chi connectivity index (χ1) is 9.45. The van der Waals surface area contributed by atoms with Crippen molar-refractivity contribution in [2.75, 3.05) is 11.9 Å². The maximum atomic E-state index is 10.6. The van der Waals surface area contributed by atoms with E-state index in [1.54, 1.807) is 0 Å². The van der Waals surface area contributed by atoms with Crippen LogP contribution in [0.15, 0.2) is 0 Å². The molecule has 5 heteroatoms. The molecule has 2 rings (SSSR count). The fraction of sp³-hybridized carbons (Fsp3) is 0.667. The van der Waals surface area contributed by atoms with E-state index in [4.69, 9.17) is 0 Å². The van der Waals surface area contributed by atoms with E-state index in [0.29, 0.717) is 23.8 Å². The molecule has 2 atom stereocenters. The maximum Gasteiger partial charge on any atom is 0.167 e. The zero-order valence-corrected chi connectivity index (χ0v) is 12.4. The van der Waals surface area contributed by atoms with Crippen molar-refractivity contribution in [3.63, 3.8) is 0 Å². The Hall–Kier alpha value is -1.67.